The summed E-state index contributed by atoms with van der Waals surface area (Å²) in [5.41, 5.74) is 0.0553. The highest BCUT2D eigenvalue weighted by atomic mass is 35.5. The molecule has 0 spiro atoms. The highest BCUT2D eigenvalue weighted by Gasteiger charge is 2.23. The Labute approximate surface area is 164 Å². The number of morpholine rings is 1. The van der Waals surface area contributed by atoms with E-state index in [-0.39, 0.29) is 27.6 Å². The van der Waals surface area contributed by atoms with Crippen molar-refractivity contribution >= 4 is 40.3 Å². The summed E-state index contributed by atoms with van der Waals surface area (Å²) in [7, 11) is 0. The average Bonchev–Trinajstić information content (AvgIpc) is 2.68. The van der Waals surface area contributed by atoms with Crippen LogP contribution in [0, 0.1) is 20.2 Å². The molecule has 0 atom stereocenters. The van der Waals surface area contributed by atoms with Crippen molar-refractivity contribution in [3.8, 4) is 0 Å². The number of carbonyl (C=O) groups excluding carboxylic acids is 1. The zero-order chi connectivity index (χ0) is 20.3. The Hall–Kier alpha value is -3.24. The van der Waals surface area contributed by atoms with E-state index in [1.54, 1.807) is 6.07 Å². The number of nitrogens with zero attached hydrogens (tertiary/aromatic N) is 3. The molecule has 146 valence electrons. The quantitative estimate of drug-likeness (QED) is 0.596. The first-order chi connectivity index (χ1) is 13.4. The molecule has 0 radical (unpaired) electrons. The normalized spacial score (nSPS) is 13.8. The van der Waals surface area contributed by atoms with Gasteiger partial charge in [0.25, 0.3) is 17.3 Å². The van der Waals surface area contributed by atoms with Gasteiger partial charge in [0.2, 0.25) is 0 Å². The zero-order valence-electron chi connectivity index (χ0n) is 14.5. The van der Waals surface area contributed by atoms with Crippen LogP contribution in [0.25, 0.3) is 0 Å². The monoisotopic (exact) mass is 406 g/mol. The van der Waals surface area contributed by atoms with E-state index in [1.165, 1.54) is 24.3 Å². The van der Waals surface area contributed by atoms with Gasteiger partial charge in [0.15, 0.2) is 0 Å². The Morgan fingerprint density at radius 3 is 2.43 bits per heavy atom. The number of non-ortho nitro benzene ring substituents is 1. The van der Waals surface area contributed by atoms with Gasteiger partial charge >= 0.3 is 0 Å². The van der Waals surface area contributed by atoms with E-state index in [9.17, 15) is 25.0 Å². The number of benzene rings is 2. The van der Waals surface area contributed by atoms with E-state index in [2.05, 4.69) is 5.32 Å². The molecule has 1 amide bonds. The summed E-state index contributed by atoms with van der Waals surface area (Å²) in [5, 5.41) is 24.9. The van der Waals surface area contributed by atoms with Crippen LogP contribution in [0.2, 0.25) is 5.02 Å². The van der Waals surface area contributed by atoms with Crippen LogP contribution in [0.1, 0.15) is 10.4 Å². The summed E-state index contributed by atoms with van der Waals surface area (Å²) < 4.78 is 5.26. The molecule has 11 heteroatoms. The van der Waals surface area contributed by atoms with Gasteiger partial charge in [-0.2, -0.15) is 0 Å². The maximum Gasteiger partial charge on any atom is 0.294 e. The van der Waals surface area contributed by atoms with Gasteiger partial charge in [0.05, 0.1) is 33.6 Å². The van der Waals surface area contributed by atoms with Crippen molar-refractivity contribution in [2.24, 2.45) is 0 Å². The van der Waals surface area contributed by atoms with Crippen molar-refractivity contribution in [3.63, 3.8) is 0 Å². The number of hydrogen-bond donors (Lipinski definition) is 1. The smallest absolute Gasteiger partial charge is 0.294 e. The molecule has 1 aliphatic heterocycles. The average molecular weight is 407 g/mol. The minimum Gasteiger partial charge on any atom is -0.378 e. The summed E-state index contributed by atoms with van der Waals surface area (Å²) in [6.07, 6.45) is 0. The van der Waals surface area contributed by atoms with Gasteiger partial charge in [-0.1, -0.05) is 11.6 Å². The fourth-order valence-corrected chi connectivity index (χ4v) is 3.02. The third-order valence-corrected chi connectivity index (χ3v) is 4.52. The van der Waals surface area contributed by atoms with Gasteiger partial charge in [-0.15, -0.1) is 0 Å². The van der Waals surface area contributed by atoms with Gasteiger partial charge < -0.3 is 15.0 Å². The second kappa shape index (κ2) is 8.19. The van der Waals surface area contributed by atoms with E-state index in [0.717, 1.165) is 6.07 Å². The molecule has 0 saturated carbocycles. The van der Waals surface area contributed by atoms with Gasteiger partial charge in [0, 0.05) is 37.0 Å². The van der Waals surface area contributed by atoms with E-state index < -0.39 is 15.8 Å². The lowest BCUT2D eigenvalue weighted by Crippen LogP contribution is -2.36. The van der Waals surface area contributed by atoms with Crippen molar-refractivity contribution in [2.45, 2.75) is 0 Å². The summed E-state index contributed by atoms with van der Waals surface area (Å²) in [6.45, 7) is 1.99. The number of anilines is 2. The Morgan fingerprint density at radius 2 is 1.79 bits per heavy atom. The van der Waals surface area contributed by atoms with E-state index >= 15 is 0 Å². The van der Waals surface area contributed by atoms with Crippen molar-refractivity contribution in [1.29, 1.82) is 0 Å². The molecule has 2 aromatic rings. The van der Waals surface area contributed by atoms with Crippen LogP contribution in [0.5, 0.6) is 0 Å². The molecule has 1 heterocycles. The van der Waals surface area contributed by atoms with Crippen LogP contribution < -0.4 is 10.2 Å². The molecule has 1 saturated heterocycles. The van der Waals surface area contributed by atoms with Crippen LogP contribution in [0.3, 0.4) is 0 Å². The summed E-state index contributed by atoms with van der Waals surface area (Å²) in [6, 6.07) is 7.80. The standard InChI is InChI=1S/C17H15ClN4O6/c18-14-3-2-12(21(24)25)10-13(14)17(23)19-11-1-4-15(16(9-11)22(26)27)20-5-7-28-8-6-20/h1-4,9-10H,5-8H2,(H,19,23). The minimum atomic E-state index is -0.706. The molecular formula is C17H15ClN4O6. The molecule has 0 bridgehead atoms. The highest BCUT2D eigenvalue weighted by molar-refractivity contribution is 6.34. The number of amides is 1. The largest absolute Gasteiger partial charge is 0.378 e. The van der Waals surface area contributed by atoms with Crippen molar-refractivity contribution < 1.29 is 19.4 Å². The van der Waals surface area contributed by atoms with Crippen molar-refractivity contribution in [3.05, 3.63) is 67.2 Å². The fraction of sp³-hybridized carbons (Fsp3) is 0.235. The molecule has 2 aromatic carbocycles. The zero-order valence-corrected chi connectivity index (χ0v) is 15.2. The summed E-state index contributed by atoms with van der Waals surface area (Å²) >= 11 is 5.96. The molecule has 10 nitrogen and oxygen atoms in total. The SMILES string of the molecule is O=C(Nc1ccc(N2CCOCC2)c([N+](=O)[O-])c1)c1cc([N+](=O)[O-])ccc1Cl. The first-order valence-electron chi connectivity index (χ1n) is 8.23. The molecule has 3 rings (SSSR count). The maximum atomic E-state index is 12.5. The second-order valence-corrected chi connectivity index (χ2v) is 6.34. The van der Waals surface area contributed by atoms with Gasteiger partial charge in [-0.25, -0.2) is 0 Å². The number of rotatable bonds is 5. The number of carbonyl (C=O) groups is 1. The van der Waals surface area contributed by atoms with E-state index in [1.807, 2.05) is 4.90 Å². The molecule has 0 unspecified atom stereocenters. The van der Waals surface area contributed by atoms with E-state index in [0.29, 0.717) is 32.0 Å². The second-order valence-electron chi connectivity index (χ2n) is 5.94. The van der Waals surface area contributed by atoms with Crippen LogP contribution in [-0.4, -0.2) is 42.1 Å². The topological polar surface area (TPSA) is 128 Å². The first kappa shape index (κ1) is 19.5. The van der Waals surface area contributed by atoms with Crippen LogP contribution >= 0.6 is 11.6 Å². The molecule has 1 aliphatic rings. The number of ether oxygens (including phenoxy) is 1. The number of nitrogens with one attached hydrogen (secondary N) is 1. The van der Waals surface area contributed by atoms with Gasteiger partial charge in [0.1, 0.15) is 5.69 Å². The molecular weight excluding hydrogens is 392 g/mol. The molecule has 1 fully saturated rings. The molecule has 28 heavy (non-hydrogen) atoms. The Morgan fingerprint density at radius 1 is 1.07 bits per heavy atom. The summed E-state index contributed by atoms with van der Waals surface area (Å²) in [5.74, 6) is -0.706. The van der Waals surface area contributed by atoms with Crippen molar-refractivity contribution in [2.75, 3.05) is 36.5 Å². The number of halogens is 1. The lowest BCUT2D eigenvalue weighted by molar-refractivity contribution is -0.384. The minimum absolute atomic E-state index is 0.0301. The first-order valence-corrected chi connectivity index (χ1v) is 8.61. The number of nitro groups is 2. The lowest BCUT2D eigenvalue weighted by atomic mass is 10.1. The number of hydrogen-bond acceptors (Lipinski definition) is 7. The number of nitro benzene ring substituents is 2. The fourth-order valence-electron chi connectivity index (χ4n) is 2.82. The Bertz CT molecular complexity index is 945. The Kier molecular flexibility index (Phi) is 5.71. The van der Waals surface area contributed by atoms with Crippen LogP contribution in [0.15, 0.2) is 36.4 Å². The predicted octanol–water partition coefficient (Wildman–Crippen LogP) is 3.25. The van der Waals surface area contributed by atoms with Gasteiger partial charge in [-0.3, -0.25) is 25.0 Å². The summed E-state index contributed by atoms with van der Waals surface area (Å²) in [4.78, 5) is 35.5. The molecule has 0 aromatic heterocycles. The van der Waals surface area contributed by atoms with Gasteiger partial charge in [-0.05, 0) is 18.2 Å². The third-order valence-electron chi connectivity index (χ3n) is 4.19. The van der Waals surface area contributed by atoms with Crippen LogP contribution in [-0.2, 0) is 4.74 Å². The Balaban J connectivity index is 1.87. The highest BCUT2D eigenvalue weighted by Crippen LogP contribution is 2.32. The third kappa shape index (κ3) is 4.18. The lowest BCUT2D eigenvalue weighted by Gasteiger charge is -2.28. The van der Waals surface area contributed by atoms with Crippen molar-refractivity contribution in [1.82, 2.24) is 0 Å². The molecule has 0 aliphatic carbocycles. The molecule has 1 N–H and O–H groups in total. The maximum absolute atomic E-state index is 12.5. The van der Waals surface area contributed by atoms with E-state index in [4.69, 9.17) is 16.3 Å². The predicted molar refractivity (Wildman–Crippen MR) is 102 cm³/mol. The van der Waals surface area contributed by atoms with Crippen LogP contribution in [0.4, 0.5) is 22.7 Å².